The van der Waals surface area contributed by atoms with E-state index in [4.69, 9.17) is 4.84 Å². The fourth-order valence-electron chi connectivity index (χ4n) is 0.814. The number of halogens is 1. The summed E-state index contributed by atoms with van der Waals surface area (Å²) in [4.78, 5) is 16.0. The Kier molecular flexibility index (Phi) is 4.85. The van der Waals surface area contributed by atoms with Crippen LogP contribution in [-0.2, 0) is 9.57 Å². The Morgan fingerprint density at radius 2 is 2.07 bits per heavy atom. The Bertz CT molecular complexity index is 299. The van der Waals surface area contributed by atoms with E-state index in [0.717, 1.165) is 3.57 Å². The van der Waals surface area contributed by atoms with Gasteiger partial charge in [-0.25, -0.2) is 10.3 Å². The van der Waals surface area contributed by atoms with Crippen LogP contribution in [0.5, 0.6) is 0 Å². The molecule has 0 aliphatic heterocycles. The third-order valence-corrected chi connectivity index (χ3v) is 2.17. The number of amides is 1. The predicted molar refractivity (Wildman–Crippen MR) is 59.6 cm³/mol. The largest absolute Gasteiger partial charge is 0.356 e. The number of nitrogens with one attached hydrogen (secondary N) is 1. The van der Waals surface area contributed by atoms with Crippen molar-refractivity contribution in [2.45, 2.75) is 0 Å². The highest BCUT2D eigenvalue weighted by molar-refractivity contribution is 14.1. The summed E-state index contributed by atoms with van der Waals surface area (Å²) in [5, 5.41) is 0. The van der Waals surface area contributed by atoms with Crippen LogP contribution in [0.2, 0.25) is 0 Å². The summed E-state index contributed by atoms with van der Waals surface area (Å²) in [6, 6.07) is 7.16. The highest BCUT2D eigenvalue weighted by Crippen LogP contribution is 2.06. The number of hydrogen-bond acceptors (Lipinski definition) is 3. The number of carbonyl (C=O) groups is 1. The highest BCUT2D eigenvalue weighted by atomic mass is 127. The first kappa shape index (κ1) is 11.4. The first-order valence-corrected chi connectivity index (χ1v) is 4.98. The molecule has 1 rings (SSSR count). The number of methoxy groups -OCH3 is 1. The Balaban J connectivity index is 2.48. The minimum atomic E-state index is -0.279. The SMILES string of the molecule is COCONC(=O)c1ccc(I)cc1. The molecule has 0 heterocycles. The van der Waals surface area contributed by atoms with Crippen molar-refractivity contribution < 1.29 is 14.4 Å². The summed E-state index contributed by atoms with van der Waals surface area (Å²) in [5.41, 5.74) is 2.81. The second-order valence-electron chi connectivity index (χ2n) is 2.49. The summed E-state index contributed by atoms with van der Waals surface area (Å²) >= 11 is 2.17. The summed E-state index contributed by atoms with van der Waals surface area (Å²) in [5.74, 6) is -0.279. The molecule has 76 valence electrons. The molecule has 0 radical (unpaired) electrons. The molecule has 1 amide bonds. The molecular formula is C9H10INO3. The topological polar surface area (TPSA) is 47.6 Å². The zero-order valence-corrected chi connectivity index (χ0v) is 9.78. The van der Waals surface area contributed by atoms with E-state index < -0.39 is 0 Å². The van der Waals surface area contributed by atoms with Gasteiger partial charge in [-0.05, 0) is 46.9 Å². The van der Waals surface area contributed by atoms with E-state index in [-0.39, 0.29) is 12.7 Å². The molecule has 4 nitrogen and oxygen atoms in total. The van der Waals surface area contributed by atoms with Gasteiger partial charge in [0, 0.05) is 16.2 Å². The van der Waals surface area contributed by atoms with Gasteiger partial charge in [-0.3, -0.25) is 4.79 Å². The van der Waals surface area contributed by atoms with Gasteiger partial charge in [0.25, 0.3) is 5.91 Å². The molecule has 0 fully saturated rings. The van der Waals surface area contributed by atoms with Crippen LogP contribution < -0.4 is 5.48 Å². The van der Waals surface area contributed by atoms with Crippen molar-refractivity contribution in [3.8, 4) is 0 Å². The van der Waals surface area contributed by atoms with Crippen molar-refractivity contribution in [3.05, 3.63) is 33.4 Å². The van der Waals surface area contributed by atoms with Crippen LogP contribution in [0.25, 0.3) is 0 Å². The molecule has 1 aromatic rings. The van der Waals surface area contributed by atoms with Crippen LogP contribution >= 0.6 is 22.6 Å². The quantitative estimate of drug-likeness (QED) is 0.397. The van der Waals surface area contributed by atoms with Gasteiger partial charge in [-0.2, -0.15) is 0 Å². The van der Waals surface area contributed by atoms with Gasteiger partial charge < -0.3 is 4.74 Å². The van der Waals surface area contributed by atoms with E-state index >= 15 is 0 Å². The van der Waals surface area contributed by atoms with Crippen molar-refractivity contribution >= 4 is 28.5 Å². The minimum absolute atomic E-state index is 0.0378. The maximum absolute atomic E-state index is 11.3. The van der Waals surface area contributed by atoms with E-state index in [1.54, 1.807) is 12.1 Å². The Morgan fingerprint density at radius 1 is 1.43 bits per heavy atom. The molecule has 0 saturated heterocycles. The van der Waals surface area contributed by atoms with Crippen molar-refractivity contribution in [1.82, 2.24) is 5.48 Å². The molecule has 0 bridgehead atoms. The lowest BCUT2D eigenvalue weighted by atomic mass is 10.2. The molecule has 0 saturated carbocycles. The first-order chi connectivity index (χ1) is 6.74. The lowest BCUT2D eigenvalue weighted by Crippen LogP contribution is -2.24. The molecule has 0 atom stereocenters. The normalized spacial score (nSPS) is 9.86. The summed E-state index contributed by atoms with van der Waals surface area (Å²) in [7, 11) is 1.48. The third-order valence-electron chi connectivity index (χ3n) is 1.45. The van der Waals surface area contributed by atoms with E-state index in [9.17, 15) is 4.79 Å². The molecule has 0 spiro atoms. The third kappa shape index (κ3) is 3.60. The summed E-state index contributed by atoms with van der Waals surface area (Å²) in [6.45, 7) is 0.0378. The van der Waals surface area contributed by atoms with Crippen LogP contribution in [-0.4, -0.2) is 19.8 Å². The second-order valence-corrected chi connectivity index (χ2v) is 3.73. The van der Waals surface area contributed by atoms with Crippen molar-refractivity contribution in [1.29, 1.82) is 0 Å². The second kappa shape index (κ2) is 5.94. The maximum Gasteiger partial charge on any atom is 0.274 e. The van der Waals surface area contributed by atoms with Gasteiger partial charge in [-0.1, -0.05) is 0 Å². The first-order valence-electron chi connectivity index (χ1n) is 3.90. The molecule has 5 heteroatoms. The van der Waals surface area contributed by atoms with Crippen LogP contribution in [0, 0.1) is 3.57 Å². The Hall–Kier alpha value is -0.660. The molecule has 0 unspecified atom stereocenters. The van der Waals surface area contributed by atoms with Crippen LogP contribution in [0.4, 0.5) is 0 Å². The zero-order valence-electron chi connectivity index (χ0n) is 7.62. The van der Waals surface area contributed by atoms with E-state index in [1.807, 2.05) is 12.1 Å². The lowest BCUT2D eigenvalue weighted by molar-refractivity contribution is -0.0704. The lowest BCUT2D eigenvalue weighted by Gasteiger charge is -2.04. The molecule has 0 aliphatic rings. The summed E-state index contributed by atoms with van der Waals surface area (Å²) in [6.07, 6.45) is 0. The average Bonchev–Trinajstić information content (AvgIpc) is 2.19. The van der Waals surface area contributed by atoms with E-state index in [2.05, 4.69) is 32.8 Å². The molecule has 14 heavy (non-hydrogen) atoms. The van der Waals surface area contributed by atoms with Crippen molar-refractivity contribution in [2.75, 3.05) is 13.9 Å². The molecule has 1 aromatic carbocycles. The number of carbonyl (C=O) groups excluding carboxylic acids is 1. The molecule has 1 N–H and O–H groups in total. The molecular weight excluding hydrogens is 297 g/mol. The van der Waals surface area contributed by atoms with Crippen molar-refractivity contribution in [2.24, 2.45) is 0 Å². The fourth-order valence-corrected chi connectivity index (χ4v) is 1.17. The minimum Gasteiger partial charge on any atom is -0.356 e. The highest BCUT2D eigenvalue weighted by Gasteiger charge is 2.03. The van der Waals surface area contributed by atoms with Gasteiger partial charge in [0.2, 0.25) is 0 Å². The van der Waals surface area contributed by atoms with E-state index in [1.165, 1.54) is 7.11 Å². The standard InChI is InChI=1S/C9H10INO3/c1-13-6-14-11-9(12)7-2-4-8(10)5-3-7/h2-5H,6H2,1H3,(H,11,12). The van der Waals surface area contributed by atoms with Crippen LogP contribution in [0.1, 0.15) is 10.4 Å². The Labute approximate surface area is 95.7 Å². The smallest absolute Gasteiger partial charge is 0.274 e. The van der Waals surface area contributed by atoms with Gasteiger partial charge in [0.05, 0.1) is 0 Å². The predicted octanol–water partition coefficient (Wildman–Crippen LogP) is 1.56. The van der Waals surface area contributed by atoms with Gasteiger partial charge in [0.15, 0.2) is 6.79 Å². The monoisotopic (exact) mass is 307 g/mol. The van der Waals surface area contributed by atoms with Crippen LogP contribution in [0.15, 0.2) is 24.3 Å². The summed E-state index contributed by atoms with van der Waals surface area (Å²) < 4.78 is 5.69. The number of hydroxylamine groups is 1. The van der Waals surface area contributed by atoms with E-state index in [0.29, 0.717) is 5.56 Å². The van der Waals surface area contributed by atoms with Gasteiger partial charge in [-0.15, -0.1) is 0 Å². The van der Waals surface area contributed by atoms with Gasteiger partial charge in [0.1, 0.15) is 0 Å². The molecule has 0 aliphatic carbocycles. The average molecular weight is 307 g/mol. The Morgan fingerprint density at radius 3 is 2.64 bits per heavy atom. The molecule has 0 aromatic heterocycles. The zero-order chi connectivity index (χ0) is 10.4. The number of hydrogen-bond donors (Lipinski definition) is 1. The number of benzene rings is 1. The maximum atomic E-state index is 11.3. The van der Waals surface area contributed by atoms with Gasteiger partial charge >= 0.3 is 0 Å². The fraction of sp³-hybridized carbons (Fsp3) is 0.222. The van der Waals surface area contributed by atoms with Crippen LogP contribution in [0.3, 0.4) is 0 Å². The van der Waals surface area contributed by atoms with Crippen molar-refractivity contribution in [3.63, 3.8) is 0 Å². The number of rotatable bonds is 4. The number of ether oxygens (including phenoxy) is 1.